The zero-order valence-corrected chi connectivity index (χ0v) is 20.9. The van der Waals surface area contributed by atoms with E-state index in [4.69, 9.17) is 9.47 Å². The standard InChI is InChI=1S/C26H23BrINO2/c1-2-30-25-15-18(16-29-22-12-10-21(27)11-13-22)14-24(28)26(25)31-17-20-8-5-7-19-6-3-4-9-23(19)20/h3-15,29H,2,16-17H2,1H3. The van der Waals surface area contributed by atoms with Gasteiger partial charge in [-0.2, -0.15) is 0 Å². The van der Waals surface area contributed by atoms with Crippen LogP contribution in [-0.4, -0.2) is 6.61 Å². The summed E-state index contributed by atoms with van der Waals surface area (Å²) in [6.07, 6.45) is 0. The number of benzene rings is 4. The Morgan fingerprint density at radius 2 is 1.68 bits per heavy atom. The summed E-state index contributed by atoms with van der Waals surface area (Å²) in [7, 11) is 0. The molecule has 4 rings (SSSR count). The van der Waals surface area contributed by atoms with Crippen LogP contribution in [0.2, 0.25) is 0 Å². The van der Waals surface area contributed by atoms with E-state index < -0.39 is 0 Å². The number of hydrogen-bond donors (Lipinski definition) is 1. The highest BCUT2D eigenvalue weighted by Crippen LogP contribution is 2.35. The van der Waals surface area contributed by atoms with Gasteiger partial charge < -0.3 is 14.8 Å². The molecule has 4 aromatic carbocycles. The zero-order chi connectivity index (χ0) is 21.6. The minimum absolute atomic E-state index is 0.494. The highest BCUT2D eigenvalue weighted by Gasteiger charge is 2.13. The Morgan fingerprint density at radius 3 is 2.48 bits per heavy atom. The van der Waals surface area contributed by atoms with E-state index in [0.29, 0.717) is 19.8 Å². The molecular formula is C26H23BrINO2. The Kier molecular flexibility index (Phi) is 7.35. The number of fused-ring (bicyclic) bond motifs is 1. The summed E-state index contributed by atoms with van der Waals surface area (Å²) in [5, 5.41) is 5.90. The lowest BCUT2D eigenvalue weighted by atomic mass is 10.1. The maximum absolute atomic E-state index is 6.29. The molecule has 0 atom stereocenters. The highest BCUT2D eigenvalue weighted by atomic mass is 127. The van der Waals surface area contributed by atoms with Crippen LogP contribution in [0.4, 0.5) is 5.69 Å². The third-order valence-corrected chi connectivity index (χ3v) is 6.29. The number of halogens is 2. The fourth-order valence-corrected chi connectivity index (χ4v) is 4.55. The van der Waals surface area contributed by atoms with Crippen LogP contribution in [0.25, 0.3) is 10.8 Å². The molecule has 0 saturated carbocycles. The van der Waals surface area contributed by atoms with Crippen LogP contribution in [0.1, 0.15) is 18.1 Å². The number of ether oxygens (including phenoxy) is 2. The summed E-state index contributed by atoms with van der Waals surface area (Å²) in [5.41, 5.74) is 3.39. The molecule has 0 aliphatic rings. The van der Waals surface area contributed by atoms with Crippen LogP contribution >= 0.6 is 38.5 Å². The minimum atomic E-state index is 0.494. The largest absolute Gasteiger partial charge is 0.490 e. The molecule has 0 spiro atoms. The molecule has 0 bridgehead atoms. The van der Waals surface area contributed by atoms with E-state index in [1.54, 1.807) is 0 Å². The Hall–Kier alpha value is -2.25. The van der Waals surface area contributed by atoms with Crippen molar-refractivity contribution < 1.29 is 9.47 Å². The van der Waals surface area contributed by atoms with Gasteiger partial charge in [-0.25, -0.2) is 0 Å². The average Bonchev–Trinajstić information content (AvgIpc) is 2.78. The molecule has 158 valence electrons. The van der Waals surface area contributed by atoms with Crippen LogP contribution in [0, 0.1) is 3.57 Å². The smallest absolute Gasteiger partial charge is 0.174 e. The molecule has 0 aromatic heterocycles. The lowest BCUT2D eigenvalue weighted by molar-refractivity contribution is 0.268. The molecule has 0 radical (unpaired) electrons. The molecule has 0 amide bonds. The molecule has 1 N–H and O–H groups in total. The van der Waals surface area contributed by atoms with Gasteiger partial charge in [-0.1, -0.05) is 58.4 Å². The molecule has 0 aliphatic carbocycles. The van der Waals surface area contributed by atoms with Crippen LogP contribution in [0.15, 0.2) is 83.3 Å². The van der Waals surface area contributed by atoms with Gasteiger partial charge in [-0.05, 0) is 87.8 Å². The van der Waals surface area contributed by atoms with Crippen molar-refractivity contribution in [3.8, 4) is 11.5 Å². The molecule has 3 nitrogen and oxygen atoms in total. The van der Waals surface area contributed by atoms with E-state index in [0.717, 1.165) is 36.4 Å². The first-order valence-electron chi connectivity index (χ1n) is 10.2. The lowest BCUT2D eigenvalue weighted by Crippen LogP contribution is -2.05. The highest BCUT2D eigenvalue weighted by molar-refractivity contribution is 14.1. The minimum Gasteiger partial charge on any atom is -0.490 e. The zero-order valence-electron chi connectivity index (χ0n) is 17.2. The third-order valence-electron chi connectivity index (χ3n) is 4.96. The third kappa shape index (κ3) is 5.52. The van der Waals surface area contributed by atoms with Gasteiger partial charge in [0.1, 0.15) is 6.61 Å². The Morgan fingerprint density at radius 1 is 0.903 bits per heavy atom. The van der Waals surface area contributed by atoms with Crippen molar-refractivity contribution in [2.24, 2.45) is 0 Å². The van der Waals surface area contributed by atoms with E-state index >= 15 is 0 Å². The van der Waals surface area contributed by atoms with Gasteiger partial charge in [0, 0.05) is 16.7 Å². The van der Waals surface area contributed by atoms with Crippen LogP contribution in [0.5, 0.6) is 11.5 Å². The maximum Gasteiger partial charge on any atom is 0.174 e. The van der Waals surface area contributed by atoms with Gasteiger partial charge in [0.05, 0.1) is 10.2 Å². The fraction of sp³-hybridized carbons (Fsp3) is 0.154. The lowest BCUT2D eigenvalue weighted by Gasteiger charge is -2.17. The number of nitrogens with one attached hydrogen (secondary N) is 1. The molecule has 4 aromatic rings. The quantitative estimate of drug-likeness (QED) is 0.213. The van der Waals surface area contributed by atoms with Crippen molar-refractivity contribution in [2.45, 2.75) is 20.1 Å². The first-order chi connectivity index (χ1) is 15.1. The molecule has 0 unspecified atom stereocenters. The summed E-state index contributed by atoms with van der Waals surface area (Å²) in [5.74, 6) is 1.57. The second kappa shape index (κ2) is 10.4. The second-order valence-corrected chi connectivity index (χ2v) is 9.20. The van der Waals surface area contributed by atoms with Gasteiger partial charge in [-0.15, -0.1) is 0 Å². The van der Waals surface area contributed by atoms with Gasteiger partial charge in [0.15, 0.2) is 11.5 Å². The summed E-state index contributed by atoms with van der Waals surface area (Å²) < 4.78 is 14.3. The SMILES string of the molecule is CCOc1cc(CNc2ccc(Br)cc2)cc(I)c1OCc1cccc2ccccc12. The van der Waals surface area contributed by atoms with Crippen molar-refractivity contribution in [1.82, 2.24) is 0 Å². The molecule has 5 heteroatoms. The van der Waals surface area contributed by atoms with Crippen molar-refractivity contribution in [3.05, 3.63) is 98.0 Å². The fourth-order valence-electron chi connectivity index (χ4n) is 3.47. The van der Waals surface area contributed by atoms with Gasteiger partial charge in [0.2, 0.25) is 0 Å². The van der Waals surface area contributed by atoms with Crippen LogP contribution in [-0.2, 0) is 13.2 Å². The van der Waals surface area contributed by atoms with E-state index in [1.807, 2.05) is 19.1 Å². The van der Waals surface area contributed by atoms with E-state index in [9.17, 15) is 0 Å². The van der Waals surface area contributed by atoms with Crippen molar-refractivity contribution >= 4 is 55.0 Å². The van der Waals surface area contributed by atoms with Crippen LogP contribution < -0.4 is 14.8 Å². The second-order valence-electron chi connectivity index (χ2n) is 7.13. The summed E-state index contributed by atoms with van der Waals surface area (Å²) in [4.78, 5) is 0. The summed E-state index contributed by atoms with van der Waals surface area (Å²) in [6.45, 7) is 3.79. The predicted octanol–water partition coefficient (Wildman–Crippen LogP) is 7.80. The van der Waals surface area contributed by atoms with E-state index in [1.165, 1.54) is 10.8 Å². The predicted molar refractivity (Wildman–Crippen MR) is 140 cm³/mol. The topological polar surface area (TPSA) is 30.5 Å². The monoisotopic (exact) mass is 587 g/mol. The summed E-state index contributed by atoms with van der Waals surface area (Å²) in [6, 6.07) is 27.1. The van der Waals surface area contributed by atoms with Gasteiger partial charge >= 0.3 is 0 Å². The first kappa shape index (κ1) is 22.0. The summed E-state index contributed by atoms with van der Waals surface area (Å²) >= 11 is 5.80. The normalized spacial score (nSPS) is 10.8. The molecule has 0 heterocycles. The maximum atomic E-state index is 6.29. The van der Waals surface area contributed by atoms with Gasteiger partial charge in [0.25, 0.3) is 0 Å². The Bertz CT molecular complexity index is 1170. The average molecular weight is 588 g/mol. The van der Waals surface area contributed by atoms with E-state index in [2.05, 4.69) is 111 Å². The molecule has 0 fully saturated rings. The van der Waals surface area contributed by atoms with Crippen molar-refractivity contribution in [3.63, 3.8) is 0 Å². The van der Waals surface area contributed by atoms with Crippen LogP contribution in [0.3, 0.4) is 0 Å². The first-order valence-corrected chi connectivity index (χ1v) is 12.1. The Labute approximate surface area is 205 Å². The Balaban J connectivity index is 1.53. The van der Waals surface area contributed by atoms with Crippen molar-refractivity contribution in [2.75, 3.05) is 11.9 Å². The molecule has 31 heavy (non-hydrogen) atoms. The van der Waals surface area contributed by atoms with Crippen molar-refractivity contribution in [1.29, 1.82) is 0 Å². The number of hydrogen-bond acceptors (Lipinski definition) is 3. The number of rotatable bonds is 8. The van der Waals surface area contributed by atoms with Gasteiger partial charge in [-0.3, -0.25) is 0 Å². The molecule has 0 saturated heterocycles. The van der Waals surface area contributed by atoms with E-state index in [-0.39, 0.29) is 0 Å². The number of anilines is 1. The molecular weight excluding hydrogens is 565 g/mol. The molecule has 0 aliphatic heterocycles.